The summed E-state index contributed by atoms with van der Waals surface area (Å²) >= 11 is 1.72. The molecule has 5 heteroatoms. The Hall–Kier alpha value is -2.53. The molecule has 0 saturated carbocycles. The molecule has 0 atom stereocenters. The number of aryl methyl sites for hydroxylation is 2. The van der Waals surface area contributed by atoms with Crippen molar-refractivity contribution in [1.29, 1.82) is 0 Å². The van der Waals surface area contributed by atoms with Crippen LogP contribution in [0.15, 0.2) is 48.7 Å². The molecule has 1 amide bonds. The third kappa shape index (κ3) is 2.32. The molecule has 3 aliphatic rings. The topological polar surface area (TPSA) is 37.3 Å². The summed E-state index contributed by atoms with van der Waals surface area (Å²) in [5, 5.41) is 3.83. The fraction of sp³-hybridized carbons (Fsp3) is 0.348. The number of thiophene rings is 1. The number of amides is 1. The average Bonchev–Trinajstić information content (AvgIpc) is 3.44. The summed E-state index contributed by atoms with van der Waals surface area (Å²) in [4.78, 5) is 17.5. The maximum atomic E-state index is 13.1. The van der Waals surface area contributed by atoms with E-state index in [0.29, 0.717) is 0 Å². The predicted octanol–water partition coefficient (Wildman–Crippen LogP) is 4.58. The van der Waals surface area contributed by atoms with E-state index in [2.05, 4.69) is 63.4 Å². The SMILES string of the molecule is O=C(c1cc2c(s1)CCC2)N1CCC2(CC1)Nc1ccccc1-n1cccc12. The highest BCUT2D eigenvalue weighted by Crippen LogP contribution is 2.43. The first-order valence-corrected chi connectivity index (χ1v) is 11.0. The molecular formula is C23H23N3OS. The van der Waals surface area contributed by atoms with Gasteiger partial charge >= 0.3 is 0 Å². The largest absolute Gasteiger partial charge is 0.372 e. The number of rotatable bonds is 1. The molecule has 6 rings (SSSR count). The Labute approximate surface area is 168 Å². The second-order valence-corrected chi connectivity index (χ2v) is 9.33. The van der Waals surface area contributed by atoms with Gasteiger partial charge in [-0.05, 0) is 68.0 Å². The van der Waals surface area contributed by atoms with Crippen LogP contribution in [0.5, 0.6) is 0 Å². The number of para-hydroxylation sites is 2. The first kappa shape index (κ1) is 16.4. The van der Waals surface area contributed by atoms with Crippen LogP contribution in [0.1, 0.15) is 45.1 Å². The Kier molecular flexibility index (Phi) is 3.51. The molecule has 1 aromatic carbocycles. The third-order valence-corrected chi connectivity index (χ3v) is 7.86. The molecule has 142 valence electrons. The number of anilines is 1. The summed E-state index contributed by atoms with van der Waals surface area (Å²) in [6.07, 6.45) is 7.56. The van der Waals surface area contributed by atoms with Crippen molar-refractivity contribution in [2.45, 2.75) is 37.6 Å². The Morgan fingerprint density at radius 3 is 2.79 bits per heavy atom. The summed E-state index contributed by atoms with van der Waals surface area (Å²) < 4.78 is 2.31. The lowest BCUT2D eigenvalue weighted by Gasteiger charge is -2.46. The number of nitrogens with zero attached hydrogens (tertiary/aromatic N) is 2. The van der Waals surface area contributed by atoms with Gasteiger partial charge in [0.25, 0.3) is 5.91 Å². The van der Waals surface area contributed by atoms with Gasteiger partial charge in [0.05, 0.1) is 21.8 Å². The summed E-state index contributed by atoms with van der Waals surface area (Å²) in [6, 6.07) is 15.0. The van der Waals surface area contributed by atoms with E-state index in [1.807, 2.05) is 0 Å². The third-order valence-electron chi connectivity index (χ3n) is 6.64. The van der Waals surface area contributed by atoms with Crippen LogP contribution < -0.4 is 5.32 Å². The van der Waals surface area contributed by atoms with Gasteiger partial charge in [-0.1, -0.05) is 12.1 Å². The molecule has 2 aliphatic heterocycles. The Balaban J connectivity index is 1.26. The van der Waals surface area contributed by atoms with Gasteiger partial charge in [-0.25, -0.2) is 0 Å². The predicted molar refractivity (Wildman–Crippen MR) is 113 cm³/mol. The van der Waals surface area contributed by atoms with Crippen molar-refractivity contribution in [3.05, 3.63) is 69.7 Å². The number of piperidine rings is 1. The number of benzene rings is 1. The second kappa shape index (κ2) is 5.98. The number of hydrogen-bond acceptors (Lipinski definition) is 3. The summed E-state index contributed by atoms with van der Waals surface area (Å²) in [6.45, 7) is 1.59. The van der Waals surface area contributed by atoms with Crippen molar-refractivity contribution in [3.8, 4) is 5.69 Å². The molecule has 1 saturated heterocycles. The van der Waals surface area contributed by atoms with Crippen LogP contribution in [-0.2, 0) is 18.4 Å². The van der Waals surface area contributed by atoms with Gasteiger partial charge in [0.15, 0.2) is 0 Å². The van der Waals surface area contributed by atoms with Crippen LogP contribution in [0.4, 0.5) is 5.69 Å². The van der Waals surface area contributed by atoms with Crippen molar-refractivity contribution in [1.82, 2.24) is 9.47 Å². The molecule has 28 heavy (non-hydrogen) atoms. The van der Waals surface area contributed by atoms with E-state index in [1.54, 1.807) is 11.3 Å². The fourth-order valence-corrected chi connectivity index (χ4v) is 6.38. The number of fused-ring (bicyclic) bond motifs is 5. The minimum Gasteiger partial charge on any atom is -0.372 e. The van der Waals surface area contributed by atoms with Gasteiger partial charge in [0, 0.05) is 29.9 Å². The van der Waals surface area contributed by atoms with E-state index >= 15 is 0 Å². The van der Waals surface area contributed by atoms with E-state index < -0.39 is 0 Å². The molecule has 0 radical (unpaired) electrons. The monoisotopic (exact) mass is 389 g/mol. The normalized spacial score (nSPS) is 19.1. The number of likely N-dealkylation sites (tertiary alicyclic amines) is 1. The lowest BCUT2D eigenvalue weighted by molar-refractivity contribution is 0.0681. The van der Waals surface area contributed by atoms with E-state index in [-0.39, 0.29) is 11.4 Å². The van der Waals surface area contributed by atoms with Crippen LogP contribution >= 0.6 is 11.3 Å². The highest BCUT2D eigenvalue weighted by atomic mass is 32.1. The van der Waals surface area contributed by atoms with Crippen molar-refractivity contribution in [2.75, 3.05) is 18.4 Å². The van der Waals surface area contributed by atoms with Crippen LogP contribution in [0.2, 0.25) is 0 Å². The molecule has 0 unspecified atom stereocenters. The first-order chi connectivity index (χ1) is 13.7. The van der Waals surface area contributed by atoms with E-state index in [9.17, 15) is 4.79 Å². The molecule has 3 aromatic rings. The molecule has 4 heterocycles. The average molecular weight is 390 g/mol. The molecule has 0 bridgehead atoms. The Bertz CT molecular complexity index is 1050. The van der Waals surface area contributed by atoms with Gasteiger partial charge in [0.1, 0.15) is 0 Å². The van der Waals surface area contributed by atoms with Crippen molar-refractivity contribution >= 4 is 22.9 Å². The summed E-state index contributed by atoms with van der Waals surface area (Å²) in [5.41, 5.74) is 5.02. The molecule has 1 aliphatic carbocycles. The van der Waals surface area contributed by atoms with Crippen molar-refractivity contribution in [2.24, 2.45) is 0 Å². The van der Waals surface area contributed by atoms with Gasteiger partial charge in [-0.3, -0.25) is 4.79 Å². The number of hydrogen-bond donors (Lipinski definition) is 1. The maximum Gasteiger partial charge on any atom is 0.263 e. The molecule has 1 spiro atoms. The Morgan fingerprint density at radius 1 is 1.07 bits per heavy atom. The molecule has 1 fully saturated rings. The van der Waals surface area contributed by atoms with Crippen LogP contribution in [0.3, 0.4) is 0 Å². The summed E-state index contributed by atoms with van der Waals surface area (Å²) in [5.74, 6) is 0.223. The first-order valence-electron chi connectivity index (χ1n) is 10.2. The van der Waals surface area contributed by atoms with E-state index in [0.717, 1.165) is 43.6 Å². The van der Waals surface area contributed by atoms with Gasteiger partial charge < -0.3 is 14.8 Å². The minimum atomic E-state index is -0.0914. The fourth-order valence-electron chi connectivity index (χ4n) is 5.16. The number of carbonyl (C=O) groups is 1. The van der Waals surface area contributed by atoms with Gasteiger partial charge in [-0.2, -0.15) is 0 Å². The quantitative estimate of drug-likeness (QED) is 0.661. The molecule has 4 nitrogen and oxygen atoms in total. The molecule has 2 aromatic heterocycles. The van der Waals surface area contributed by atoms with Crippen LogP contribution in [0.25, 0.3) is 5.69 Å². The maximum absolute atomic E-state index is 13.1. The number of carbonyl (C=O) groups excluding carboxylic acids is 1. The van der Waals surface area contributed by atoms with Crippen LogP contribution in [0, 0.1) is 0 Å². The number of aromatic nitrogens is 1. The van der Waals surface area contributed by atoms with Crippen molar-refractivity contribution < 1.29 is 4.79 Å². The number of nitrogens with one attached hydrogen (secondary N) is 1. The lowest BCUT2D eigenvalue weighted by atomic mass is 9.82. The standard InChI is InChI=1S/C23H23N3OS/c27-22(20-15-16-5-3-8-19(16)28-20)25-13-10-23(11-14-25)21-9-4-12-26(21)18-7-2-1-6-17(18)24-23/h1-2,4,6-7,9,12,15,24H,3,5,8,10-11,13-14H2. The molecule has 1 N–H and O–H groups in total. The zero-order valence-corrected chi connectivity index (χ0v) is 16.6. The minimum absolute atomic E-state index is 0.0914. The highest BCUT2D eigenvalue weighted by molar-refractivity contribution is 7.14. The van der Waals surface area contributed by atoms with Crippen LogP contribution in [-0.4, -0.2) is 28.5 Å². The zero-order valence-electron chi connectivity index (χ0n) is 15.8. The summed E-state index contributed by atoms with van der Waals surface area (Å²) in [7, 11) is 0. The van der Waals surface area contributed by atoms with Crippen molar-refractivity contribution in [3.63, 3.8) is 0 Å². The van der Waals surface area contributed by atoms with Gasteiger partial charge in [-0.15, -0.1) is 11.3 Å². The zero-order chi connectivity index (χ0) is 18.7. The second-order valence-electron chi connectivity index (χ2n) is 8.19. The smallest absolute Gasteiger partial charge is 0.263 e. The lowest BCUT2D eigenvalue weighted by Crippen LogP contribution is -2.51. The van der Waals surface area contributed by atoms with E-state index in [1.165, 1.54) is 33.9 Å². The highest BCUT2D eigenvalue weighted by Gasteiger charge is 2.42. The van der Waals surface area contributed by atoms with Gasteiger partial charge in [0.2, 0.25) is 0 Å². The Morgan fingerprint density at radius 2 is 1.93 bits per heavy atom. The molecular weight excluding hydrogens is 366 g/mol. The van der Waals surface area contributed by atoms with E-state index in [4.69, 9.17) is 0 Å².